The zero-order valence-corrected chi connectivity index (χ0v) is 11.1. The van der Waals surface area contributed by atoms with E-state index in [9.17, 15) is 0 Å². The maximum Gasteiger partial charge on any atom is 0.0935 e. The second-order valence-electron chi connectivity index (χ2n) is 3.90. The minimum absolute atomic E-state index is 0.786. The molecule has 0 spiro atoms. The summed E-state index contributed by atoms with van der Waals surface area (Å²) in [7, 11) is 0. The van der Waals surface area contributed by atoms with Crippen molar-refractivity contribution >= 4 is 45.6 Å². The van der Waals surface area contributed by atoms with E-state index in [4.69, 9.17) is 11.6 Å². The highest BCUT2D eigenvalue weighted by Crippen LogP contribution is 2.26. The number of nitrogens with zero attached hydrogens (tertiary/aromatic N) is 1. The normalized spacial score (nSPS) is 11.4. The van der Waals surface area contributed by atoms with Gasteiger partial charge in [-0.3, -0.25) is 4.99 Å². The molecule has 0 saturated heterocycles. The van der Waals surface area contributed by atoms with Crippen LogP contribution in [0.4, 0.5) is 5.69 Å². The highest BCUT2D eigenvalue weighted by molar-refractivity contribution is 7.17. The van der Waals surface area contributed by atoms with Crippen LogP contribution in [0.3, 0.4) is 0 Å². The molecule has 1 nitrogen and oxygen atoms in total. The van der Waals surface area contributed by atoms with E-state index in [-0.39, 0.29) is 0 Å². The first kappa shape index (κ1) is 11.5. The van der Waals surface area contributed by atoms with E-state index < -0.39 is 0 Å². The Morgan fingerprint density at radius 1 is 0.944 bits per heavy atom. The number of fused-ring (bicyclic) bond motifs is 1. The molecule has 0 amide bonds. The van der Waals surface area contributed by atoms with Crippen LogP contribution in [0.15, 0.2) is 59.6 Å². The molecular weight excluding hydrogens is 262 g/mol. The molecular formula is C15H10ClNS. The van der Waals surface area contributed by atoms with Gasteiger partial charge >= 0.3 is 0 Å². The molecule has 1 aromatic heterocycles. The second-order valence-corrected chi connectivity index (χ2v) is 5.65. The number of benzene rings is 2. The maximum absolute atomic E-state index is 5.89. The number of hydrogen-bond donors (Lipinski definition) is 0. The Morgan fingerprint density at radius 3 is 2.61 bits per heavy atom. The van der Waals surface area contributed by atoms with Gasteiger partial charge in [0.2, 0.25) is 0 Å². The van der Waals surface area contributed by atoms with E-state index in [2.05, 4.69) is 23.2 Å². The Hall–Kier alpha value is -1.64. The van der Waals surface area contributed by atoms with Gasteiger partial charge in [0, 0.05) is 16.5 Å². The van der Waals surface area contributed by atoms with E-state index in [0.717, 1.165) is 14.9 Å². The lowest BCUT2D eigenvalue weighted by Gasteiger charge is -2.00. The van der Waals surface area contributed by atoms with Gasteiger partial charge in [0.05, 0.1) is 10.0 Å². The predicted octanol–water partition coefficient (Wildman–Crippen LogP) is 5.31. The monoisotopic (exact) mass is 271 g/mol. The Kier molecular flexibility index (Phi) is 3.13. The third-order valence-corrected chi connectivity index (χ3v) is 3.86. The largest absolute Gasteiger partial charge is 0.255 e. The van der Waals surface area contributed by atoms with Crippen LogP contribution >= 0.6 is 22.9 Å². The first-order valence-electron chi connectivity index (χ1n) is 5.60. The van der Waals surface area contributed by atoms with E-state index in [1.807, 2.05) is 42.6 Å². The van der Waals surface area contributed by atoms with Gasteiger partial charge in [-0.1, -0.05) is 48.0 Å². The van der Waals surface area contributed by atoms with Crippen LogP contribution in [0.5, 0.6) is 0 Å². The quantitative estimate of drug-likeness (QED) is 0.561. The third-order valence-electron chi connectivity index (χ3n) is 2.69. The molecule has 0 N–H and O–H groups in total. The van der Waals surface area contributed by atoms with Gasteiger partial charge in [0.25, 0.3) is 0 Å². The minimum atomic E-state index is 0.786. The Labute approximate surface area is 114 Å². The van der Waals surface area contributed by atoms with Crippen LogP contribution < -0.4 is 0 Å². The summed E-state index contributed by atoms with van der Waals surface area (Å²) >= 11 is 7.42. The summed E-state index contributed by atoms with van der Waals surface area (Å²) in [5.41, 5.74) is 0.984. The van der Waals surface area contributed by atoms with E-state index >= 15 is 0 Å². The minimum Gasteiger partial charge on any atom is -0.255 e. The lowest BCUT2D eigenvalue weighted by Crippen LogP contribution is -1.75. The van der Waals surface area contributed by atoms with Crippen molar-refractivity contribution in [1.29, 1.82) is 0 Å². The number of halogens is 1. The van der Waals surface area contributed by atoms with Crippen LogP contribution in [-0.2, 0) is 0 Å². The molecule has 88 valence electrons. The maximum atomic E-state index is 5.89. The topological polar surface area (TPSA) is 12.4 Å². The van der Waals surface area contributed by atoms with Gasteiger partial charge in [0.15, 0.2) is 0 Å². The molecule has 3 aromatic rings. The average molecular weight is 272 g/mol. The van der Waals surface area contributed by atoms with Gasteiger partial charge < -0.3 is 0 Å². The molecule has 1 heterocycles. The molecule has 0 atom stereocenters. The SMILES string of the molecule is Clc1ccc(C=Nc2cccc3ccccc23)s1. The van der Waals surface area contributed by atoms with E-state index in [1.165, 1.54) is 22.1 Å². The first-order chi connectivity index (χ1) is 8.83. The van der Waals surface area contributed by atoms with Crippen LogP contribution in [0.2, 0.25) is 4.34 Å². The van der Waals surface area contributed by atoms with Gasteiger partial charge in [-0.15, -0.1) is 11.3 Å². The standard InChI is InChI=1S/C15H10ClNS/c16-15-9-8-12(18-15)10-17-14-7-3-5-11-4-1-2-6-13(11)14/h1-10H. The molecule has 0 fully saturated rings. The molecule has 0 radical (unpaired) electrons. The van der Waals surface area contributed by atoms with Crippen molar-refractivity contribution in [3.05, 3.63) is 63.8 Å². The summed E-state index contributed by atoms with van der Waals surface area (Å²) in [5.74, 6) is 0. The Morgan fingerprint density at radius 2 is 1.78 bits per heavy atom. The van der Waals surface area contributed by atoms with Crippen molar-refractivity contribution in [1.82, 2.24) is 0 Å². The fourth-order valence-corrected chi connectivity index (χ4v) is 2.78. The summed E-state index contributed by atoms with van der Waals surface area (Å²) in [6.45, 7) is 0. The molecule has 3 rings (SSSR count). The molecule has 3 heteroatoms. The lowest BCUT2D eigenvalue weighted by atomic mass is 10.1. The molecule has 0 unspecified atom stereocenters. The lowest BCUT2D eigenvalue weighted by molar-refractivity contribution is 1.58. The van der Waals surface area contributed by atoms with Gasteiger partial charge in [0.1, 0.15) is 0 Å². The Bertz CT molecular complexity index is 710. The summed E-state index contributed by atoms with van der Waals surface area (Å²) < 4.78 is 0.786. The molecule has 0 saturated carbocycles. The van der Waals surface area contributed by atoms with E-state index in [1.54, 1.807) is 0 Å². The molecule has 0 aliphatic carbocycles. The summed E-state index contributed by atoms with van der Waals surface area (Å²) in [6, 6.07) is 18.2. The first-order valence-corrected chi connectivity index (χ1v) is 6.79. The van der Waals surface area contributed by atoms with Crippen molar-refractivity contribution in [2.24, 2.45) is 4.99 Å². The predicted molar refractivity (Wildman–Crippen MR) is 80.5 cm³/mol. The van der Waals surface area contributed by atoms with Crippen LogP contribution in [-0.4, -0.2) is 6.21 Å². The second kappa shape index (κ2) is 4.92. The summed E-state index contributed by atoms with van der Waals surface area (Å²) in [6.07, 6.45) is 1.86. The summed E-state index contributed by atoms with van der Waals surface area (Å²) in [5, 5.41) is 2.37. The molecule has 0 bridgehead atoms. The summed E-state index contributed by atoms with van der Waals surface area (Å²) in [4.78, 5) is 5.61. The number of rotatable bonds is 2. The highest BCUT2D eigenvalue weighted by Gasteiger charge is 1.98. The zero-order chi connectivity index (χ0) is 12.4. The molecule has 0 aliphatic rings. The van der Waals surface area contributed by atoms with Crippen molar-refractivity contribution in [3.63, 3.8) is 0 Å². The number of thiophene rings is 1. The van der Waals surface area contributed by atoms with Crippen LogP contribution in [0.25, 0.3) is 10.8 Å². The van der Waals surface area contributed by atoms with Crippen LogP contribution in [0, 0.1) is 0 Å². The molecule has 18 heavy (non-hydrogen) atoms. The van der Waals surface area contributed by atoms with Gasteiger partial charge in [-0.2, -0.15) is 0 Å². The fraction of sp³-hybridized carbons (Fsp3) is 0. The van der Waals surface area contributed by atoms with Crippen molar-refractivity contribution < 1.29 is 0 Å². The fourth-order valence-electron chi connectivity index (χ4n) is 1.85. The zero-order valence-electron chi connectivity index (χ0n) is 9.51. The average Bonchev–Trinajstić information content (AvgIpc) is 2.82. The molecule has 0 aliphatic heterocycles. The number of hydrogen-bond acceptors (Lipinski definition) is 2. The highest BCUT2D eigenvalue weighted by atomic mass is 35.5. The van der Waals surface area contributed by atoms with Crippen molar-refractivity contribution in [3.8, 4) is 0 Å². The Balaban J connectivity index is 2.02. The van der Waals surface area contributed by atoms with Gasteiger partial charge in [-0.25, -0.2) is 0 Å². The van der Waals surface area contributed by atoms with Gasteiger partial charge in [-0.05, 0) is 23.6 Å². The third kappa shape index (κ3) is 2.30. The van der Waals surface area contributed by atoms with Crippen molar-refractivity contribution in [2.45, 2.75) is 0 Å². The van der Waals surface area contributed by atoms with Crippen molar-refractivity contribution in [2.75, 3.05) is 0 Å². The molecule has 2 aromatic carbocycles. The van der Waals surface area contributed by atoms with Crippen LogP contribution in [0.1, 0.15) is 4.88 Å². The number of aliphatic imine (C=N–C) groups is 1. The smallest absolute Gasteiger partial charge is 0.0935 e. The van der Waals surface area contributed by atoms with E-state index in [0.29, 0.717) is 0 Å².